The summed E-state index contributed by atoms with van der Waals surface area (Å²) in [6.07, 6.45) is 5.65. The number of nitrogens with one attached hydrogen (secondary N) is 1. The molecule has 3 rings (SSSR count). The Hall–Kier alpha value is -1.01. The molecular weight excluding hydrogens is 300 g/mol. The first-order chi connectivity index (χ1) is 9.19. The van der Waals surface area contributed by atoms with Crippen LogP contribution in [0, 0.1) is 29.1 Å². The zero-order valence-corrected chi connectivity index (χ0v) is 12.8. The highest BCUT2D eigenvalue weighted by Crippen LogP contribution is 2.50. The maximum absolute atomic E-state index is 9.26. The molecule has 1 aromatic rings. The summed E-state index contributed by atoms with van der Waals surface area (Å²) in [5.41, 5.74) is 1.68. The second kappa shape index (κ2) is 5.17. The smallest absolute Gasteiger partial charge is 0.103 e. The molecule has 1 aromatic carbocycles. The molecule has 0 aromatic heterocycles. The van der Waals surface area contributed by atoms with E-state index in [1.165, 1.54) is 25.7 Å². The van der Waals surface area contributed by atoms with Crippen molar-refractivity contribution in [3.8, 4) is 6.07 Å². The standard InChI is InChI=1S/C16H19BrN2/c1-10(13-8-11-5-6-12(13)7-11)19-16-4-2-3-15(17)14(16)9-18/h2-4,10-13,19H,5-8H2,1H3. The number of anilines is 1. The zero-order chi connectivity index (χ0) is 13.4. The van der Waals surface area contributed by atoms with Crippen molar-refractivity contribution in [2.24, 2.45) is 17.8 Å². The monoisotopic (exact) mass is 318 g/mol. The minimum Gasteiger partial charge on any atom is -0.381 e. The summed E-state index contributed by atoms with van der Waals surface area (Å²) < 4.78 is 0.875. The predicted octanol–water partition coefficient (Wildman–Crippen LogP) is 4.56. The van der Waals surface area contributed by atoms with E-state index in [1.54, 1.807) is 0 Å². The number of nitrogens with zero attached hydrogens (tertiary/aromatic N) is 1. The Morgan fingerprint density at radius 3 is 2.84 bits per heavy atom. The minimum absolute atomic E-state index is 0.455. The van der Waals surface area contributed by atoms with Gasteiger partial charge in [-0.1, -0.05) is 12.5 Å². The lowest BCUT2D eigenvalue weighted by Crippen LogP contribution is -2.30. The van der Waals surface area contributed by atoms with Gasteiger partial charge in [-0.15, -0.1) is 0 Å². The van der Waals surface area contributed by atoms with Crippen molar-refractivity contribution in [1.29, 1.82) is 5.26 Å². The van der Waals surface area contributed by atoms with Gasteiger partial charge in [0.25, 0.3) is 0 Å². The van der Waals surface area contributed by atoms with Gasteiger partial charge in [0, 0.05) is 10.5 Å². The van der Waals surface area contributed by atoms with E-state index in [1.807, 2.05) is 18.2 Å². The molecule has 2 nitrogen and oxygen atoms in total. The first-order valence-electron chi connectivity index (χ1n) is 7.14. The molecule has 0 amide bonds. The Morgan fingerprint density at radius 1 is 1.37 bits per heavy atom. The van der Waals surface area contributed by atoms with Crippen molar-refractivity contribution in [2.45, 2.75) is 38.6 Å². The highest BCUT2D eigenvalue weighted by Gasteiger charge is 2.41. The van der Waals surface area contributed by atoms with E-state index in [0.29, 0.717) is 6.04 Å². The summed E-state index contributed by atoms with van der Waals surface area (Å²) in [7, 11) is 0. The van der Waals surface area contributed by atoms with Crippen molar-refractivity contribution in [3.63, 3.8) is 0 Å². The van der Waals surface area contributed by atoms with Gasteiger partial charge < -0.3 is 5.32 Å². The largest absolute Gasteiger partial charge is 0.381 e. The van der Waals surface area contributed by atoms with Crippen molar-refractivity contribution in [1.82, 2.24) is 0 Å². The first kappa shape index (κ1) is 13.0. The van der Waals surface area contributed by atoms with Crippen LogP contribution < -0.4 is 5.32 Å². The summed E-state index contributed by atoms with van der Waals surface area (Å²) in [6, 6.07) is 8.66. The summed E-state index contributed by atoms with van der Waals surface area (Å²) >= 11 is 3.45. The molecule has 1 N–H and O–H groups in total. The first-order valence-corrected chi connectivity index (χ1v) is 7.93. The third-order valence-electron chi connectivity index (χ3n) is 4.94. The third kappa shape index (κ3) is 2.39. The quantitative estimate of drug-likeness (QED) is 0.886. The van der Waals surface area contributed by atoms with Gasteiger partial charge in [0.15, 0.2) is 0 Å². The Kier molecular flexibility index (Phi) is 3.54. The number of nitriles is 1. The van der Waals surface area contributed by atoms with Crippen LogP contribution in [0.1, 0.15) is 38.2 Å². The lowest BCUT2D eigenvalue weighted by molar-refractivity contribution is 0.304. The van der Waals surface area contributed by atoms with Crippen molar-refractivity contribution >= 4 is 21.6 Å². The fourth-order valence-corrected chi connectivity index (χ4v) is 4.47. The summed E-state index contributed by atoms with van der Waals surface area (Å²) in [4.78, 5) is 0. The number of hydrogen-bond acceptors (Lipinski definition) is 2. The predicted molar refractivity (Wildman–Crippen MR) is 80.9 cm³/mol. The van der Waals surface area contributed by atoms with E-state index < -0.39 is 0 Å². The van der Waals surface area contributed by atoms with Gasteiger partial charge in [0.2, 0.25) is 0 Å². The lowest BCUT2D eigenvalue weighted by Gasteiger charge is -2.29. The lowest BCUT2D eigenvalue weighted by atomic mass is 9.84. The van der Waals surface area contributed by atoms with E-state index >= 15 is 0 Å². The van der Waals surface area contributed by atoms with Gasteiger partial charge in [0.05, 0.1) is 11.3 Å². The van der Waals surface area contributed by atoms with Crippen molar-refractivity contribution < 1.29 is 0 Å². The molecule has 2 saturated carbocycles. The van der Waals surface area contributed by atoms with Crippen LogP contribution in [0.3, 0.4) is 0 Å². The summed E-state index contributed by atoms with van der Waals surface area (Å²) in [6.45, 7) is 2.27. The number of halogens is 1. The van der Waals surface area contributed by atoms with Crippen LogP contribution in [0.5, 0.6) is 0 Å². The average molecular weight is 319 g/mol. The maximum Gasteiger partial charge on any atom is 0.103 e. The Bertz CT molecular complexity index is 520. The van der Waals surface area contributed by atoms with Crippen LogP contribution in [0.2, 0.25) is 0 Å². The molecule has 2 aliphatic carbocycles. The molecule has 0 aliphatic heterocycles. The number of hydrogen-bond donors (Lipinski definition) is 1. The second-order valence-electron chi connectivity index (χ2n) is 6.05. The van der Waals surface area contributed by atoms with E-state index in [9.17, 15) is 5.26 Å². The maximum atomic E-state index is 9.26. The Morgan fingerprint density at radius 2 is 2.21 bits per heavy atom. The molecule has 4 unspecified atom stereocenters. The van der Waals surface area contributed by atoms with Crippen molar-refractivity contribution in [3.05, 3.63) is 28.2 Å². The molecule has 0 saturated heterocycles. The van der Waals surface area contributed by atoms with Crippen molar-refractivity contribution in [2.75, 3.05) is 5.32 Å². The molecule has 2 aliphatic rings. The van der Waals surface area contributed by atoms with Gasteiger partial charge >= 0.3 is 0 Å². The highest BCUT2D eigenvalue weighted by molar-refractivity contribution is 9.10. The molecular formula is C16H19BrN2. The highest BCUT2D eigenvalue weighted by atomic mass is 79.9. The summed E-state index contributed by atoms with van der Waals surface area (Å²) in [5.74, 6) is 2.66. The van der Waals surface area contributed by atoms with Gasteiger partial charge in [-0.25, -0.2) is 0 Å². The SMILES string of the molecule is CC(Nc1cccc(Br)c1C#N)C1CC2CCC1C2. The van der Waals surface area contributed by atoms with Crippen LogP contribution >= 0.6 is 15.9 Å². The number of rotatable bonds is 3. The fourth-order valence-electron chi connectivity index (χ4n) is 4.02. The molecule has 2 fully saturated rings. The van der Waals surface area contributed by atoms with Gasteiger partial charge in [0.1, 0.15) is 6.07 Å². The van der Waals surface area contributed by atoms with Gasteiger partial charge in [-0.05, 0) is 72.0 Å². The Balaban J connectivity index is 1.75. The number of fused-ring (bicyclic) bond motifs is 2. The third-order valence-corrected chi connectivity index (χ3v) is 5.60. The zero-order valence-electron chi connectivity index (χ0n) is 11.2. The molecule has 19 heavy (non-hydrogen) atoms. The van der Waals surface area contributed by atoms with Gasteiger partial charge in [-0.3, -0.25) is 0 Å². The molecule has 3 heteroatoms. The second-order valence-corrected chi connectivity index (χ2v) is 6.90. The molecule has 0 radical (unpaired) electrons. The fraction of sp³-hybridized carbons (Fsp3) is 0.562. The topological polar surface area (TPSA) is 35.8 Å². The van der Waals surface area contributed by atoms with E-state index in [-0.39, 0.29) is 0 Å². The van der Waals surface area contributed by atoms with Crippen LogP contribution in [0.15, 0.2) is 22.7 Å². The normalized spacial score (nSPS) is 30.1. The molecule has 2 bridgehead atoms. The van der Waals surface area contributed by atoms with Crippen LogP contribution in [0.25, 0.3) is 0 Å². The van der Waals surface area contributed by atoms with Gasteiger partial charge in [-0.2, -0.15) is 5.26 Å². The summed E-state index contributed by atoms with van der Waals surface area (Å²) in [5, 5.41) is 12.8. The van der Waals surface area contributed by atoms with E-state index in [2.05, 4.69) is 34.2 Å². The van der Waals surface area contributed by atoms with E-state index in [0.717, 1.165) is 33.5 Å². The molecule has 0 heterocycles. The Labute approximate surface area is 123 Å². The van der Waals surface area contributed by atoms with Crippen LogP contribution in [-0.4, -0.2) is 6.04 Å². The van der Waals surface area contributed by atoms with Crippen LogP contribution in [0.4, 0.5) is 5.69 Å². The average Bonchev–Trinajstić information content (AvgIpc) is 3.01. The van der Waals surface area contributed by atoms with Crippen LogP contribution in [-0.2, 0) is 0 Å². The molecule has 4 atom stereocenters. The number of benzene rings is 1. The molecule has 0 spiro atoms. The van der Waals surface area contributed by atoms with E-state index in [4.69, 9.17) is 0 Å². The molecule has 100 valence electrons. The minimum atomic E-state index is 0.455.